The van der Waals surface area contributed by atoms with Gasteiger partial charge in [0.2, 0.25) is 0 Å². The van der Waals surface area contributed by atoms with Gasteiger partial charge >= 0.3 is 0 Å². The highest BCUT2D eigenvalue weighted by Crippen LogP contribution is 2.49. The summed E-state index contributed by atoms with van der Waals surface area (Å²) < 4.78 is 0. The second-order valence-electron chi connectivity index (χ2n) is 14.4. The molecule has 0 bridgehead atoms. The molecular weight excluding hydrogens is 613 g/mol. The minimum absolute atomic E-state index is 0.0864. The number of fused-ring (bicyclic) bond motifs is 3. The summed E-state index contributed by atoms with van der Waals surface area (Å²) in [6, 6.07) is 49.1. The first-order chi connectivity index (χ1) is 23.6. The molecule has 0 amide bonds. The molecule has 8 rings (SSSR count). The molecule has 5 heteroatoms. The molecule has 2 aromatic heterocycles. The molecule has 2 heterocycles. The van der Waals surface area contributed by atoms with Gasteiger partial charge in [0, 0.05) is 22.1 Å². The lowest BCUT2D eigenvalue weighted by atomic mass is 9.82. The van der Waals surface area contributed by atoms with Crippen LogP contribution in [-0.2, 0) is 5.41 Å². The summed E-state index contributed by atoms with van der Waals surface area (Å²) in [4.78, 5) is 20.3. The highest BCUT2D eigenvalue weighted by Gasteiger charge is 2.35. The van der Waals surface area contributed by atoms with E-state index in [4.69, 9.17) is 19.9 Å². The molecule has 238 valence electrons. The van der Waals surface area contributed by atoms with Crippen molar-refractivity contribution in [1.82, 2.24) is 19.9 Å². The van der Waals surface area contributed by atoms with Gasteiger partial charge in [0.15, 0.2) is 17.5 Å². The number of nitrogens with zero attached hydrogens (tertiary/aromatic N) is 4. The SMILES string of the molecule is CC1(C)c2ccccc2-c2ccc(-c3cccc(-c4nc(-c5ccc([Si](C)(C)C)cc5)nc(-c5cccc(-c6ccccc6)c5)n4)n3)cc21. The molecule has 0 aliphatic heterocycles. The lowest BCUT2D eigenvalue weighted by Crippen LogP contribution is -2.37. The van der Waals surface area contributed by atoms with Crippen LogP contribution in [0.1, 0.15) is 25.0 Å². The number of rotatable bonds is 6. The Labute approximate surface area is 289 Å². The van der Waals surface area contributed by atoms with Crippen LogP contribution in [0.15, 0.2) is 140 Å². The van der Waals surface area contributed by atoms with E-state index >= 15 is 0 Å². The molecule has 0 radical (unpaired) electrons. The maximum Gasteiger partial charge on any atom is 0.182 e. The van der Waals surface area contributed by atoms with E-state index in [1.807, 2.05) is 18.2 Å². The van der Waals surface area contributed by atoms with Crippen LogP contribution in [0.5, 0.6) is 0 Å². The van der Waals surface area contributed by atoms with Gasteiger partial charge in [-0.25, -0.2) is 19.9 Å². The van der Waals surface area contributed by atoms with Crippen LogP contribution in [0.4, 0.5) is 0 Å². The van der Waals surface area contributed by atoms with Crippen LogP contribution in [0.3, 0.4) is 0 Å². The van der Waals surface area contributed by atoms with Crippen molar-refractivity contribution in [3.63, 3.8) is 0 Å². The van der Waals surface area contributed by atoms with Crippen molar-refractivity contribution in [1.29, 1.82) is 0 Å². The van der Waals surface area contributed by atoms with Crippen LogP contribution in [0.25, 0.3) is 67.8 Å². The molecular formula is C44H38N4Si. The fourth-order valence-electron chi connectivity index (χ4n) is 6.92. The summed E-state index contributed by atoms with van der Waals surface area (Å²) in [5.74, 6) is 1.81. The van der Waals surface area contributed by atoms with Gasteiger partial charge in [0.1, 0.15) is 5.69 Å². The van der Waals surface area contributed by atoms with E-state index in [9.17, 15) is 0 Å². The van der Waals surface area contributed by atoms with E-state index in [-0.39, 0.29) is 5.41 Å². The number of pyridine rings is 1. The van der Waals surface area contributed by atoms with E-state index in [1.165, 1.54) is 27.4 Å². The van der Waals surface area contributed by atoms with Gasteiger partial charge in [-0.05, 0) is 57.6 Å². The Morgan fingerprint density at radius 1 is 0.408 bits per heavy atom. The summed E-state index contributed by atoms with van der Waals surface area (Å²) in [5, 5.41) is 1.40. The summed E-state index contributed by atoms with van der Waals surface area (Å²) in [6.45, 7) is 11.7. The number of benzene rings is 5. The summed E-state index contributed by atoms with van der Waals surface area (Å²) >= 11 is 0. The highest BCUT2D eigenvalue weighted by atomic mass is 28.3. The highest BCUT2D eigenvalue weighted by molar-refractivity contribution is 6.88. The van der Waals surface area contributed by atoms with Crippen LogP contribution in [0.2, 0.25) is 19.6 Å². The lowest BCUT2D eigenvalue weighted by molar-refractivity contribution is 0.660. The minimum atomic E-state index is -1.46. The third kappa shape index (κ3) is 5.70. The Morgan fingerprint density at radius 2 is 1.00 bits per heavy atom. The fourth-order valence-corrected chi connectivity index (χ4v) is 8.09. The topological polar surface area (TPSA) is 51.6 Å². The van der Waals surface area contributed by atoms with Crippen molar-refractivity contribution in [2.24, 2.45) is 0 Å². The molecule has 0 saturated carbocycles. The third-order valence-corrected chi connectivity index (χ3v) is 11.8. The Morgan fingerprint density at radius 3 is 1.78 bits per heavy atom. The van der Waals surface area contributed by atoms with Crippen molar-refractivity contribution in [2.45, 2.75) is 38.9 Å². The van der Waals surface area contributed by atoms with E-state index < -0.39 is 8.07 Å². The van der Waals surface area contributed by atoms with Gasteiger partial charge in [0.05, 0.1) is 13.8 Å². The standard InChI is InChI=1S/C44H38N4Si/c1-44(2)37-18-10-9-17-35(37)36-26-23-32(28-38(36)44)39-19-12-20-40(45-39)43-47-41(30-21-24-34(25-22-30)49(3,4)5)46-42(48-43)33-16-11-15-31(27-33)29-13-7-6-8-14-29/h6-28H,1-5H3. The van der Waals surface area contributed by atoms with Gasteiger partial charge in [-0.2, -0.15) is 0 Å². The molecule has 49 heavy (non-hydrogen) atoms. The van der Waals surface area contributed by atoms with E-state index in [0.29, 0.717) is 23.2 Å². The molecule has 5 aromatic carbocycles. The molecule has 0 saturated heterocycles. The van der Waals surface area contributed by atoms with E-state index in [0.717, 1.165) is 33.5 Å². The van der Waals surface area contributed by atoms with Crippen molar-refractivity contribution in [3.05, 3.63) is 151 Å². The zero-order valence-corrected chi connectivity index (χ0v) is 29.6. The molecule has 0 fully saturated rings. The van der Waals surface area contributed by atoms with Crippen molar-refractivity contribution >= 4 is 13.3 Å². The summed E-state index contributed by atoms with van der Waals surface area (Å²) in [7, 11) is -1.46. The largest absolute Gasteiger partial charge is 0.244 e. The van der Waals surface area contributed by atoms with E-state index in [1.54, 1.807) is 0 Å². The number of aromatic nitrogens is 4. The van der Waals surface area contributed by atoms with Crippen LogP contribution in [0, 0.1) is 0 Å². The minimum Gasteiger partial charge on any atom is -0.244 e. The Bertz CT molecular complexity index is 2340. The van der Waals surface area contributed by atoms with Crippen molar-refractivity contribution < 1.29 is 0 Å². The Kier molecular flexibility index (Phi) is 7.46. The molecule has 0 atom stereocenters. The van der Waals surface area contributed by atoms with Gasteiger partial charge in [-0.15, -0.1) is 0 Å². The smallest absolute Gasteiger partial charge is 0.182 e. The predicted octanol–water partition coefficient (Wildman–Crippen LogP) is 10.5. The third-order valence-electron chi connectivity index (χ3n) is 9.73. The summed E-state index contributed by atoms with van der Waals surface area (Å²) in [5.41, 5.74) is 12.0. The molecule has 0 N–H and O–H groups in total. The summed E-state index contributed by atoms with van der Waals surface area (Å²) in [6.07, 6.45) is 0. The van der Waals surface area contributed by atoms with Crippen molar-refractivity contribution in [2.75, 3.05) is 0 Å². The van der Waals surface area contributed by atoms with Gasteiger partial charge in [-0.3, -0.25) is 0 Å². The number of hydrogen-bond donors (Lipinski definition) is 0. The predicted molar refractivity (Wildman–Crippen MR) is 205 cm³/mol. The second kappa shape index (κ2) is 11.9. The molecule has 0 unspecified atom stereocenters. The zero-order valence-electron chi connectivity index (χ0n) is 28.6. The molecule has 0 spiro atoms. The monoisotopic (exact) mass is 650 g/mol. The van der Waals surface area contributed by atoms with Crippen molar-refractivity contribution in [3.8, 4) is 67.8 Å². The van der Waals surface area contributed by atoms with Gasteiger partial charge < -0.3 is 0 Å². The quantitative estimate of drug-likeness (QED) is 0.168. The van der Waals surface area contributed by atoms with Crippen LogP contribution >= 0.6 is 0 Å². The second-order valence-corrected chi connectivity index (χ2v) is 19.5. The first kappa shape index (κ1) is 30.8. The normalized spacial score (nSPS) is 13.2. The fraction of sp³-hybridized carbons (Fsp3) is 0.136. The van der Waals surface area contributed by atoms with Crippen LogP contribution < -0.4 is 5.19 Å². The Hall–Kier alpha value is -5.52. The van der Waals surface area contributed by atoms with Gasteiger partial charge in [-0.1, -0.05) is 154 Å². The van der Waals surface area contributed by atoms with Gasteiger partial charge in [0.25, 0.3) is 0 Å². The average molecular weight is 651 g/mol. The molecule has 4 nitrogen and oxygen atoms in total. The van der Waals surface area contributed by atoms with E-state index in [2.05, 4.69) is 155 Å². The Balaban J connectivity index is 1.23. The maximum absolute atomic E-state index is 5.17. The lowest BCUT2D eigenvalue weighted by Gasteiger charge is -2.21. The first-order valence-corrected chi connectivity index (χ1v) is 20.4. The van der Waals surface area contributed by atoms with Crippen LogP contribution in [-0.4, -0.2) is 28.0 Å². The average Bonchev–Trinajstić information content (AvgIpc) is 3.37. The molecule has 7 aromatic rings. The molecule has 1 aliphatic rings. The first-order valence-electron chi connectivity index (χ1n) is 16.9. The molecule has 1 aliphatic carbocycles. The zero-order chi connectivity index (χ0) is 33.8. The maximum atomic E-state index is 5.17. The number of hydrogen-bond acceptors (Lipinski definition) is 4.